The third-order valence-corrected chi connectivity index (χ3v) is 9.30. The van der Waals surface area contributed by atoms with Crippen molar-refractivity contribution in [2.75, 3.05) is 13.2 Å². The second-order valence-corrected chi connectivity index (χ2v) is 14.9. The van der Waals surface area contributed by atoms with Gasteiger partial charge in [0.1, 0.15) is 13.2 Å². The quantitative estimate of drug-likeness (QED) is 0.0266. The van der Waals surface area contributed by atoms with Crippen LogP contribution in [-0.4, -0.2) is 37.2 Å². The first-order chi connectivity index (χ1) is 28.5. The molecule has 1 unspecified atom stereocenters. The van der Waals surface area contributed by atoms with Gasteiger partial charge in [0.25, 0.3) is 0 Å². The molecule has 0 saturated carbocycles. The van der Waals surface area contributed by atoms with Crippen molar-refractivity contribution in [2.45, 2.75) is 200 Å². The number of esters is 3. The lowest BCUT2D eigenvalue weighted by Crippen LogP contribution is -2.30. The van der Waals surface area contributed by atoms with Crippen molar-refractivity contribution in [1.29, 1.82) is 0 Å². The molecule has 58 heavy (non-hydrogen) atoms. The lowest BCUT2D eigenvalue weighted by molar-refractivity contribution is -0.167. The van der Waals surface area contributed by atoms with Crippen molar-refractivity contribution in [2.24, 2.45) is 0 Å². The fourth-order valence-corrected chi connectivity index (χ4v) is 5.87. The number of unbranched alkanes of at least 4 members (excludes halogenated alkanes) is 13. The Morgan fingerprint density at radius 1 is 0.362 bits per heavy atom. The van der Waals surface area contributed by atoms with Crippen LogP contribution in [0.4, 0.5) is 0 Å². The van der Waals surface area contributed by atoms with Crippen LogP contribution in [0.25, 0.3) is 0 Å². The number of hydrogen-bond donors (Lipinski definition) is 0. The van der Waals surface area contributed by atoms with E-state index in [9.17, 15) is 14.4 Å². The molecule has 0 bridgehead atoms. The third kappa shape index (κ3) is 43.5. The summed E-state index contributed by atoms with van der Waals surface area (Å²) in [5.41, 5.74) is 0. The minimum absolute atomic E-state index is 0.127. The van der Waals surface area contributed by atoms with Gasteiger partial charge in [-0.05, 0) is 103 Å². The molecule has 0 radical (unpaired) electrons. The molecule has 6 nitrogen and oxygen atoms in total. The lowest BCUT2D eigenvalue weighted by atomic mass is 10.1. The van der Waals surface area contributed by atoms with Crippen LogP contribution < -0.4 is 0 Å². The number of ether oxygens (including phenoxy) is 3. The predicted molar refractivity (Wildman–Crippen MR) is 247 cm³/mol. The fourth-order valence-electron chi connectivity index (χ4n) is 5.87. The minimum atomic E-state index is -0.824. The van der Waals surface area contributed by atoms with Crippen LogP contribution in [-0.2, 0) is 28.6 Å². The molecule has 0 spiro atoms. The molecule has 0 amide bonds. The van der Waals surface area contributed by atoms with Gasteiger partial charge in [-0.15, -0.1) is 0 Å². The van der Waals surface area contributed by atoms with Gasteiger partial charge >= 0.3 is 17.9 Å². The number of hydrogen-bond acceptors (Lipinski definition) is 6. The van der Waals surface area contributed by atoms with Gasteiger partial charge in [-0.2, -0.15) is 0 Å². The Balaban J connectivity index is 4.53. The average Bonchev–Trinajstić information content (AvgIpc) is 3.22. The van der Waals surface area contributed by atoms with Gasteiger partial charge in [-0.25, -0.2) is 0 Å². The summed E-state index contributed by atoms with van der Waals surface area (Å²) in [6.07, 6.45) is 59.8. The van der Waals surface area contributed by atoms with Gasteiger partial charge in [0, 0.05) is 19.3 Å². The maximum Gasteiger partial charge on any atom is 0.306 e. The molecule has 0 aromatic rings. The summed E-state index contributed by atoms with van der Waals surface area (Å²) in [4.78, 5) is 37.7. The Morgan fingerprint density at radius 3 is 1.10 bits per heavy atom. The van der Waals surface area contributed by atoms with Crippen molar-refractivity contribution in [3.05, 3.63) is 97.2 Å². The largest absolute Gasteiger partial charge is 0.462 e. The zero-order chi connectivity index (χ0) is 42.3. The Morgan fingerprint density at radius 2 is 0.690 bits per heavy atom. The van der Waals surface area contributed by atoms with E-state index >= 15 is 0 Å². The van der Waals surface area contributed by atoms with Crippen LogP contribution in [0.2, 0.25) is 0 Å². The highest BCUT2D eigenvalue weighted by molar-refractivity contribution is 5.71. The molecule has 0 aromatic heterocycles. The van der Waals surface area contributed by atoms with E-state index < -0.39 is 6.10 Å². The predicted octanol–water partition coefficient (Wildman–Crippen LogP) is 15.0. The second-order valence-electron chi connectivity index (χ2n) is 14.9. The molecular formula is C52H84O6. The third-order valence-electron chi connectivity index (χ3n) is 9.30. The van der Waals surface area contributed by atoms with Gasteiger partial charge in [-0.1, -0.05) is 169 Å². The maximum absolute atomic E-state index is 12.7. The van der Waals surface area contributed by atoms with Crippen molar-refractivity contribution in [3.8, 4) is 0 Å². The Kier molecular flexibility index (Phi) is 43.1. The summed E-state index contributed by atoms with van der Waals surface area (Å²) < 4.78 is 16.6. The van der Waals surface area contributed by atoms with Crippen LogP contribution in [0.5, 0.6) is 0 Å². The van der Waals surface area contributed by atoms with E-state index in [0.29, 0.717) is 12.8 Å². The van der Waals surface area contributed by atoms with Crippen LogP contribution in [0.3, 0.4) is 0 Å². The van der Waals surface area contributed by atoms with Crippen LogP contribution in [0.15, 0.2) is 97.2 Å². The van der Waals surface area contributed by atoms with Crippen molar-refractivity contribution >= 4 is 17.9 Å². The molecule has 0 aromatic carbocycles. The maximum atomic E-state index is 12.7. The number of carbonyl (C=O) groups excluding carboxylic acids is 3. The summed E-state index contributed by atoms with van der Waals surface area (Å²) in [6, 6.07) is 0. The summed E-state index contributed by atoms with van der Waals surface area (Å²) in [5.74, 6) is -1.05. The first-order valence-electron chi connectivity index (χ1n) is 23.2. The van der Waals surface area contributed by atoms with E-state index in [1.165, 1.54) is 44.9 Å². The van der Waals surface area contributed by atoms with Crippen molar-refractivity contribution < 1.29 is 28.6 Å². The van der Waals surface area contributed by atoms with E-state index in [4.69, 9.17) is 14.2 Å². The first-order valence-corrected chi connectivity index (χ1v) is 23.2. The zero-order valence-electron chi connectivity index (χ0n) is 37.3. The average molecular weight is 805 g/mol. The SMILES string of the molecule is CC/C=C\C/C=C\C/C=C\CCCC(=O)OCC(COC(=O)CCC/C=C\C/C=C\C/C=C\CCCCCCCC)OC(=O)CCCCCCC/C=C\C/C=C\CC. The molecule has 0 aliphatic rings. The summed E-state index contributed by atoms with van der Waals surface area (Å²) in [6.45, 7) is 6.27. The smallest absolute Gasteiger partial charge is 0.306 e. The van der Waals surface area contributed by atoms with Crippen molar-refractivity contribution in [1.82, 2.24) is 0 Å². The fraction of sp³-hybridized carbons (Fsp3) is 0.635. The molecule has 0 saturated heterocycles. The Labute approximate surface area is 356 Å². The van der Waals surface area contributed by atoms with Gasteiger partial charge in [0.2, 0.25) is 0 Å². The first kappa shape index (κ1) is 54.3. The molecule has 0 aliphatic carbocycles. The summed E-state index contributed by atoms with van der Waals surface area (Å²) in [7, 11) is 0. The normalized spacial score (nSPS) is 12.9. The van der Waals surface area contributed by atoms with Crippen molar-refractivity contribution in [3.63, 3.8) is 0 Å². The number of allylic oxidation sites excluding steroid dienone is 16. The van der Waals surface area contributed by atoms with Gasteiger partial charge in [-0.3, -0.25) is 14.4 Å². The monoisotopic (exact) mass is 805 g/mol. The van der Waals surface area contributed by atoms with Gasteiger partial charge in [0.15, 0.2) is 6.10 Å². The molecule has 0 rings (SSSR count). The highest BCUT2D eigenvalue weighted by Gasteiger charge is 2.19. The second kappa shape index (κ2) is 46.0. The van der Waals surface area contributed by atoms with Crippen LogP contribution >= 0.6 is 0 Å². The highest BCUT2D eigenvalue weighted by atomic mass is 16.6. The van der Waals surface area contributed by atoms with Crippen LogP contribution in [0.1, 0.15) is 194 Å². The summed E-state index contributed by atoms with van der Waals surface area (Å²) in [5, 5.41) is 0. The highest BCUT2D eigenvalue weighted by Crippen LogP contribution is 2.11. The molecule has 0 fully saturated rings. The Hall–Kier alpha value is -3.67. The standard InChI is InChI=1S/C52H84O6/c1-4-7-10-13-16-19-22-24-25-26-27-28-31-33-36-39-42-45-51(54)57-48-49(47-56-50(53)44-41-38-35-32-29-21-18-15-12-9-6-3)58-52(55)46-43-40-37-34-30-23-20-17-14-11-8-5-2/h8-9,11-12,17-18,20-21,24-25,27-28,32-33,35-36,49H,4-7,10,13-16,19,22-23,26,29-31,34,37-48H2,1-3H3/b11-8-,12-9-,20-17-,21-18-,25-24-,28-27-,35-32-,36-33-. The summed E-state index contributed by atoms with van der Waals surface area (Å²) >= 11 is 0. The lowest BCUT2D eigenvalue weighted by Gasteiger charge is -2.18. The number of carbonyl (C=O) groups is 3. The molecule has 0 N–H and O–H groups in total. The molecular weight excluding hydrogens is 721 g/mol. The topological polar surface area (TPSA) is 78.9 Å². The molecule has 1 atom stereocenters. The minimum Gasteiger partial charge on any atom is -0.462 e. The van der Waals surface area contributed by atoms with E-state index in [0.717, 1.165) is 96.3 Å². The van der Waals surface area contributed by atoms with Gasteiger partial charge in [0.05, 0.1) is 0 Å². The van der Waals surface area contributed by atoms with E-state index in [1.807, 2.05) is 0 Å². The Bertz CT molecular complexity index is 1200. The van der Waals surface area contributed by atoms with E-state index in [1.54, 1.807) is 0 Å². The molecule has 0 heterocycles. The van der Waals surface area contributed by atoms with E-state index in [-0.39, 0.29) is 50.4 Å². The number of rotatable bonds is 40. The molecule has 0 aliphatic heterocycles. The van der Waals surface area contributed by atoms with Crippen LogP contribution in [0, 0.1) is 0 Å². The zero-order valence-corrected chi connectivity index (χ0v) is 37.3. The molecule has 6 heteroatoms. The molecule has 328 valence electrons. The van der Waals surface area contributed by atoms with Gasteiger partial charge < -0.3 is 14.2 Å². The van der Waals surface area contributed by atoms with E-state index in [2.05, 4.69) is 118 Å².